The van der Waals surface area contributed by atoms with Gasteiger partial charge in [0.05, 0.1) is 12.2 Å². The van der Waals surface area contributed by atoms with Crippen molar-refractivity contribution in [3.05, 3.63) is 53.2 Å². The van der Waals surface area contributed by atoms with Gasteiger partial charge in [-0.3, -0.25) is 14.5 Å². The molecule has 36 heavy (non-hydrogen) atoms. The van der Waals surface area contributed by atoms with Crippen LogP contribution in [-0.4, -0.2) is 65.9 Å². The van der Waals surface area contributed by atoms with Gasteiger partial charge in [-0.15, -0.1) is 0 Å². The summed E-state index contributed by atoms with van der Waals surface area (Å²) in [5.41, 5.74) is 0.190. The molecule has 2 saturated carbocycles. The number of hydrogen-bond donors (Lipinski definition) is 3. The number of benzene rings is 1. The summed E-state index contributed by atoms with van der Waals surface area (Å²) >= 11 is 0. The van der Waals surface area contributed by atoms with E-state index in [1.165, 1.54) is 18.2 Å². The quantitative estimate of drug-likeness (QED) is 0.519. The second-order valence-corrected chi connectivity index (χ2v) is 10.3. The summed E-state index contributed by atoms with van der Waals surface area (Å²) in [6, 6.07) is 7.18. The predicted molar refractivity (Wildman–Crippen MR) is 131 cm³/mol. The Morgan fingerprint density at radius 3 is 2.50 bits per heavy atom. The SMILES string of the molecule is CC1(NC(=O)c2ccc(CN3CCN(C(=O)c4ccc(NC(=O)NCC5CC5)c(F)c4)CC3)o2)CC1. The van der Waals surface area contributed by atoms with Crippen LogP contribution in [-0.2, 0) is 6.54 Å². The average molecular weight is 498 g/mol. The van der Waals surface area contributed by atoms with E-state index in [-0.39, 0.29) is 28.6 Å². The maximum absolute atomic E-state index is 14.5. The summed E-state index contributed by atoms with van der Waals surface area (Å²) in [7, 11) is 0. The van der Waals surface area contributed by atoms with Crippen LogP contribution in [0.3, 0.4) is 0 Å². The Labute approximate surface area is 209 Å². The highest BCUT2D eigenvalue weighted by molar-refractivity contribution is 5.96. The zero-order valence-electron chi connectivity index (χ0n) is 20.4. The Morgan fingerprint density at radius 1 is 1.08 bits per heavy atom. The summed E-state index contributed by atoms with van der Waals surface area (Å²) in [6.45, 7) is 5.41. The number of piperazine rings is 1. The highest BCUT2D eigenvalue weighted by Gasteiger charge is 2.39. The maximum atomic E-state index is 14.5. The topological polar surface area (TPSA) is 107 Å². The molecule has 9 nitrogen and oxygen atoms in total. The second kappa shape index (κ2) is 9.93. The van der Waals surface area contributed by atoms with E-state index in [0.29, 0.717) is 56.7 Å². The highest BCUT2D eigenvalue weighted by atomic mass is 19.1. The van der Waals surface area contributed by atoms with Gasteiger partial charge >= 0.3 is 6.03 Å². The van der Waals surface area contributed by atoms with Gasteiger partial charge in [0, 0.05) is 43.8 Å². The van der Waals surface area contributed by atoms with Crippen LogP contribution in [0, 0.1) is 11.7 Å². The number of furan rings is 1. The number of amides is 4. The van der Waals surface area contributed by atoms with E-state index in [0.717, 1.165) is 25.7 Å². The second-order valence-electron chi connectivity index (χ2n) is 10.3. The number of halogens is 1. The monoisotopic (exact) mass is 497 g/mol. The van der Waals surface area contributed by atoms with E-state index in [4.69, 9.17) is 4.42 Å². The molecule has 2 aliphatic carbocycles. The van der Waals surface area contributed by atoms with Crippen LogP contribution in [0.1, 0.15) is 59.3 Å². The average Bonchev–Trinajstić information content (AvgIpc) is 3.78. The third-order valence-corrected chi connectivity index (χ3v) is 7.05. The molecule has 2 heterocycles. The van der Waals surface area contributed by atoms with Crippen molar-refractivity contribution in [2.45, 2.75) is 44.7 Å². The zero-order valence-corrected chi connectivity index (χ0v) is 20.4. The molecular formula is C26H32FN5O4. The van der Waals surface area contributed by atoms with E-state index >= 15 is 0 Å². The van der Waals surface area contributed by atoms with Crippen molar-refractivity contribution < 1.29 is 23.2 Å². The lowest BCUT2D eigenvalue weighted by atomic mass is 10.1. The van der Waals surface area contributed by atoms with Crippen molar-refractivity contribution in [1.82, 2.24) is 20.4 Å². The number of hydrogen-bond acceptors (Lipinski definition) is 5. The number of carbonyl (C=O) groups excluding carboxylic acids is 3. The Kier molecular flexibility index (Phi) is 6.70. The predicted octanol–water partition coefficient (Wildman–Crippen LogP) is 3.19. The first-order valence-electron chi connectivity index (χ1n) is 12.6. The maximum Gasteiger partial charge on any atom is 0.319 e. The first kappa shape index (κ1) is 24.3. The van der Waals surface area contributed by atoms with Gasteiger partial charge in [-0.2, -0.15) is 0 Å². The minimum atomic E-state index is -0.644. The van der Waals surface area contributed by atoms with E-state index < -0.39 is 11.8 Å². The lowest BCUT2D eigenvalue weighted by Crippen LogP contribution is -2.48. The van der Waals surface area contributed by atoms with Crippen LogP contribution in [0.4, 0.5) is 14.9 Å². The molecule has 0 unspecified atom stereocenters. The van der Waals surface area contributed by atoms with Crippen LogP contribution in [0.25, 0.3) is 0 Å². The lowest BCUT2D eigenvalue weighted by molar-refractivity contribution is 0.0617. The molecule has 4 amide bonds. The molecule has 1 aromatic heterocycles. The van der Waals surface area contributed by atoms with Gasteiger partial charge in [0.1, 0.15) is 11.6 Å². The van der Waals surface area contributed by atoms with Gasteiger partial charge in [0.2, 0.25) is 0 Å². The van der Waals surface area contributed by atoms with Gasteiger partial charge in [-0.05, 0) is 68.9 Å². The Bertz CT molecular complexity index is 1150. The van der Waals surface area contributed by atoms with Gasteiger partial charge in [0.15, 0.2) is 5.76 Å². The molecule has 0 atom stereocenters. The summed E-state index contributed by atoms with van der Waals surface area (Å²) in [5.74, 6) is 0.460. The molecule has 0 spiro atoms. The van der Waals surface area contributed by atoms with Gasteiger partial charge in [-0.1, -0.05) is 0 Å². The van der Waals surface area contributed by atoms with Crippen LogP contribution < -0.4 is 16.0 Å². The normalized spacial score (nSPS) is 19.0. The minimum absolute atomic E-state index is 0.0439. The fraction of sp³-hybridized carbons (Fsp3) is 0.500. The summed E-state index contributed by atoms with van der Waals surface area (Å²) < 4.78 is 20.3. The molecule has 10 heteroatoms. The number of nitrogens with zero attached hydrogens (tertiary/aromatic N) is 2. The summed E-state index contributed by atoms with van der Waals surface area (Å²) in [4.78, 5) is 41.0. The van der Waals surface area contributed by atoms with Crippen molar-refractivity contribution in [3.63, 3.8) is 0 Å². The Balaban J connectivity index is 1.09. The van der Waals surface area contributed by atoms with Gasteiger partial charge in [-0.25, -0.2) is 9.18 Å². The third-order valence-electron chi connectivity index (χ3n) is 7.05. The number of carbonyl (C=O) groups is 3. The lowest BCUT2D eigenvalue weighted by Gasteiger charge is -2.34. The molecule has 192 valence electrons. The van der Waals surface area contributed by atoms with E-state index in [2.05, 4.69) is 20.9 Å². The van der Waals surface area contributed by atoms with Crippen LogP contribution >= 0.6 is 0 Å². The standard InChI is InChI=1S/C26H32FN5O4/c1-26(8-9-26)30-23(33)22-7-5-19(36-22)16-31-10-12-32(13-11-31)24(34)18-4-6-21(20(27)14-18)29-25(35)28-15-17-2-3-17/h4-7,14,17H,2-3,8-13,15-16H2,1H3,(H,30,33)(H2,28,29,35). The van der Waals surface area contributed by atoms with Crippen molar-refractivity contribution in [3.8, 4) is 0 Å². The molecule has 3 aliphatic rings. The fourth-order valence-electron chi connectivity index (χ4n) is 4.22. The third kappa shape index (κ3) is 6.04. The van der Waals surface area contributed by atoms with Crippen LogP contribution in [0.5, 0.6) is 0 Å². The molecule has 1 aromatic carbocycles. The van der Waals surface area contributed by atoms with Crippen molar-refractivity contribution in [2.75, 3.05) is 38.0 Å². The molecule has 5 rings (SSSR count). The summed E-state index contributed by atoms with van der Waals surface area (Å²) in [6.07, 6.45) is 4.20. The first-order valence-corrected chi connectivity index (χ1v) is 12.6. The fourth-order valence-corrected chi connectivity index (χ4v) is 4.22. The van der Waals surface area contributed by atoms with Gasteiger partial charge in [0.25, 0.3) is 11.8 Å². The van der Waals surface area contributed by atoms with Crippen LogP contribution in [0.2, 0.25) is 0 Å². The first-order chi connectivity index (χ1) is 17.3. The molecule has 3 N–H and O–H groups in total. The number of anilines is 1. The van der Waals surface area contributed by atoms with Crippen molar-refractivity contribution in [1.29, 1.82) is 0 Å². The van der Waals surface area contributed by atoms with E-state index in [1.54, 1.807) is 11.0 Å². The zero-order chi connectivity index (χ0) is 25.3. The largest absolute Gasteiger partial charge is 0.455 e. The van der Waals surface area contributed by atoms with E-state index in [1.807, 2.05) is 13.0 Å². The molecule has 1 aliphatic heterocycles. The Hall–Kier alpha value is -3.40. The van der Waals surface area contributed by atoms with Crippen molar-refractivity contribution in [2.24, 2.45) is 5.92 Å². The van der Waals surface area contributed by atoms with E-state index in [9.17, 15) is 18.8 Å². The molecule has 1 saturated heterocycles. The van der Waals surface area contributed by atoms with Gasteiger partial charge < -0.3 is 25.3 Å². The smallest absolute Gasteiger partial charge is 0.319 e. The van der Waals surface area contributed by atoms with Crippen LogP contribution in [0.15, 0.2) is 34.7 Å². The number of rotatable bonds is 8. The van der Waals surface area contributed by atoms with Crippen molar-refractivity contribution >= 4 is 23.5 Å². The summed E-state index contributed by atoms with van der Waals surface area (Å²) in [5, 5.41) is 8.21. The number of urea groups is 1. The molecule has 0 bridgehead atoms. The molecule has 3 fully saturated rings. The molecule has 0 radical (unpaired) electrons. The molecule has 2 aromatic rings. The number of nitrogens with one attached hydrogen (secondary N) is 3. The molecular weight excluding hydrogens is 465 g/mol. The Morgan fingerprint density at radius 2 is 1.83 bits per heavy atom. The highest BCUT2D eigenvalue weighted by Crippen LogP contribution is 2.34. The minimum Gasteiger partial charge on any atom is -0.455 e.